The zero-order valence-electron chi connectivity index (χ0n) is 20.4. The molecule has 3 aromatic carbocycles. The van der Waals surface area contributed by atoms with Crippen molar-refractivity contribution in [2.75, 3.05) is 5.32 Å². The Hall–Kier alpha value is -5.18. The molecule has 38 heavy (non-hydrogen) atoms. The van der Waals surface area contributed by atoms with Crippen LogP contribution in [0.25, 0.3) is 22.5 Å². The van der Waals surface area contributed by atoms with Crippen LogP contribution in [0, 0.1) is 12.7 Å². The lowest BCUT2D eigenvalue weighted by Gasteiger charge is -2.18. The molecular formula is C29H22FN7O. The highest BCUT2D eigenvalue weighted by Gasteiger charge is 2.25. The lowest BCUT2D eigenvalue weighted by atomic mass is 9.90. The number of aromatic nitrogens is 6. The maximum absolute atomic E-state index is 13.8. The third-order valence-corrected chi connectivity index (χ3v) is 6.23. The monoisotopic (exact) mass is 503 g/mol. The van der Waals surface area contributed by atoms with Crippen LogP contribution in [0.3, 0.4) is 0 Å². The Bertz CT molecular complexity index is 1690. The zero-order chi connectivity index (χ0) is 26.1. The average Bonchev–Trinajstić information content (AvgIpc) is 3.54. The number of carbonyl (C=O) groups is 1. The smallest absolute Gasteiger partial charge is 0.237 e. The van der Waals surface area contributed by atoms with Crippen LogP contribution in [0.4, 0.5) is 10.2 Å². The Morgan fingerprint density at radius 3 is 2.18 bits per heavy atom. The lowest BCUT2D eigenvalue weighted by Crippen LogP contribution is -2.23. The van der Waals surface area contributed by atoms with E-state index < -0.39 is 5.92 Å². The second kappa shape index (κ2) is 9.70. The number of halogens is 1. The average molecular weight is 504 g/mol. The first-order valence-electron chi connectivity index (χ1n) is 12.0. The summed E-state index contributed by atoms with van der Waals surface area (Å²) < 4.78 is 16.6. The number of carbonyl (C=O) groups excluding carboxylic acids is 1. The van der Waals surface area contributed by atoms with Crippen molar-refractivity contribution in [3.8, 4) is 11.5 Å². The van der Waals surface area contributed by atoms with Crippen LogP contribution in [0.5, 0.6) is 0 Å². The molecule has 0 unspecified atom stereocenters. The van der Waals surface area contributed by atoms with Crippen molar-refractivity contribution in [2.24, 2.45) is 0 Å². The van der Waals surface area contributed by atoms with Crippen molar-refractivity contribution in [1.29, 1.82) is 0 Å². The van der Waals surface area contributed by atoms with Gasteiger partial charge in [0, 0.05) is 6.07 Å². The lowest BCUT2D eigenvalue weighted by molar-refractivity contribution is -0.116. The summed E-state index contributed by atoms with van der Waals surface area (Å²) in [5.74, 6) is -0.123. The van der Waals surface area contributed by atoms with E-state index in [1.165, 1.54) is 18.5 Å². The van der Waals surface area contributed by atoms with E-state index in [0.29, 0.717) is 34.1 Å². The van der Waals surface area contributed by atoms with Gasteiger partial charge in [0.25, 0.3) is 0 Å². The Labute approximate surface area is 217 Å². The van der Waals surface area contributed by atoms with E-state index in [1.807, 2.05) is 67.6 Å². The molecule has 6 rings (SSSR count). The highest BCUT2D eigenvalue weighted by atomic mass is 19.1. The molecule has 1 N–H and O–H groups in total. The van der Waals surface area contributed by atoms with Gasteiger partial charge in [0.15, 0.2) is 11.5 Å². The van der Waals surface area contributed by atoms with E-state index in [2.05, 4.69) is 25.5 Å². The molecule has 0 aliphatic heterocycles. The maximum Gasteiger partial charge on any atom is 0.237 e. The van der Waals surface area contributed by atoms with Gasteiger partial charge in [0.1, 0.15) is 18.0 Å². The van der Waals surface area contributed by atoms with Crippen LogP contribution in [0.1, 0.15) is 22.7 Å². The van der Waals surface area contributed by atoms with Crippen LogP contribution >= 0.6 is 0 Å². The van der Waals surface area contributed by atoms with Crippen LogP contribution in [-0.2, 0) is 4.79 Å². The predicted octanol–water partition coefficient (Wildman–Crippen LogP) is 5.22. The minimum atomic E-state index is -0.521. The van der Waals surface area contributed by atoms with E-state index in [0.717, 1.165) is 11.1 Å². The first kappa shape index (κ1) is 23.2. The first-order valence-corrected chi connectivity index (χ1v) is 12.0. The molecule has 1 amide bonds. The van der Waals surface area contributed by atoms with Gasteiger partial charge in [-0.05, 0) is 42.3 Å². The zero-order valence-corrected chi connectivity index (χ0v) is 20.4. The fourth-order valence-electron chi connectivity index (χ4n) is 4.51. The van der Waals surface area contributed by atoms with Gasteiger partial charge in [-0.25, -0.2) is 19.0 Å². The van der Waals surface area contributed by atoms with E-state index in [-0.39, 0.29) is 11.7 Å². The SMILES string of the molecule is Cc1cc(NC(=O)C(c2ccccc2)c2ccccc2)n(-c2ncnc3c2cnn3-c2ccc(F)cc2)n1. The van der Waals surface area contributed by atoms with Gasteiger partial charge in [0.2, 0.25) is 5.91 Å². The molecule has 3 aromatic heterocycles. The number of fused-ring (bicyclic) bond motifs is 1. The van der Waals surface area contributed by atoms with Crippen molar-refractivity contribution in [3.63, 3.8) is 0 Å². The second-order valence-electron chi connectivity index (χ2n) is 8.79. The number of hydrogen-bond acceptors (Lipinski definition) is 5. The summed E-state index contributed by atoms with van der Waals surface area (Å²) in [5, 5.41) is 12.7. The fraction of sp³-hybridized carbons (Fsp3) is 0.0690. The number of benzene rings is 3. The van der Waals surface area contributed by atoms with Crippen LogP contribution < -0.4 is 5.32 Å². The van der Waals surface area contributed by atoms with Gasteiger partial charge in [0.05, 0.1) is 28.9 Å². The molecule has 0 radical (unpaired) electrons. The molecule has 9 heteroatoms. The minimum absolute atomic E-state index is 0.198. The number of hydrogen-bond donors (Lipinski definition) is 1. The van der Waals surface area contributed by atoms with E-state index in [1.54, 1.807) is 33.8 Å². The topological polar surface area (TPSA) is 90.5 Å². The first-order chi connectivity index (χ1) is 18.6. The molecule has 0 bridgehead atoms. The fourth-order valence-corrected chi connectivity index (χ4v) is 4.51. The van der Waals surface area contributed by atoms with Gasteiger partial charge in [-0.15, -0.1) is 0 Å². The Morgan fingerprint density at radius 2 is 1.53 bits per heavy atom. The third-order valence-electron chi connectivity index (χ3n) is 6.23. The molecule has 3 heterocycles. The highest BCUT2D eigenvalue weighted by Crippen LogP contribution is 2.28. The van der Waals surface area contributed by atoms with Gasteiger partial charge in [-0.2, -0.15) is 14.9 Å². The molecule has 186 valence electrons. The minimum Gasteiger partial charge on any atom is -0.310 e. The molecule has 0 saturated heterocycles. The Balaban J connectivity index is 1.40. The molecule has 6 aromatic rings. The number of rotatable bonds is 6. The summed E-state index contributed by atoms with van der Waals surface area (Å²) in [4.78, 5) is 22.6. The predicted molar refractivity (Wildman–Crippen MR) is 142 cm³/mol. The molecule has 0 saturated carbocycles. The van der Waals surface area contributed by atoms with Gasteiger partial charge >= 0.3 is 0 Å². The Kier molecular flexibility index (Phi) is 5.93. The van der Waals surface area contributed by atoms with Crippen molar-refractivity contribution in [3.05, 3.63) is 126 Å². The number of aryl methyl sites for hydroxylation is 1. The maximum atomic E-state index is 13.8. The van der Waals surface area contributed by atoms with Gasteiger partial charge in [-0.3, -0.25) is 4.79 Å². The van der Waals surface area contributed by atoms with E-state index >= 15 is 0 Å². The van der Waals surface area contributed by atoms with Gasteiger partial charge < -0.3 is 5.32 Å². The van der Waals surface area contributed by atoms with Crippen molar-refractivity contribution in [2.45, 2.75) is 12.8 Å². The van der Waals surface area contributed by atoms with Crippen molar-refractivity contribution >= 4 is 22.8 Å². The van der Waals surface area contributed by atoms with E-state index in [9.17, 15) is 9.18 Å². The summed E-state index contributed by atoms with van der Waals surface area (Å²) >= 11 is 0. The Morgan fingerprint density at radius 1 is 0.868 bits per heavy atom. The highest BCUT2D eigenvalue weighted by molar-refractivity contribution is 5.98. The van der Waals surface area contributed by atoms with Crippen LogP contribution in [0.15, 0.2) is 104 Å². The summed E-state index contributed by atoms with van der Waals surface area (Å²) in [6, 6.07) is 27.1. The molecule has 8 nitrogen and oxygen atoms in total. The largest absolute Gasteiger partial charge is 0.310 e. The summed E-state index contributed by atoms with van der Waals surface area (Å²) in [6.45, 7) is 1.85. The summed E-state index contributed by atoms with van der Waals surface area (Å²) in [6.07, 6.45) is 3.05. The second-order valence-corrected chi connectivity index (χ2v) is 8.79. The number of nitrogens with one attached hydrogen (secondary N) is 1. The van der Waals surface area contributed by atoms with Crippen molar-refractivity contribution in [1.82, 2.24) is 29.5 Å². The van der Waals surface area contributed by atoms with Crippen LogP contribution in [-0.4, -0.2) is 35.4 Å². The number of amides is 1. The molecule has 0 aliphatic carbocycles. The third kappa shape index (κ3) is 4.30. The molecule has 0 aliphatic rings. The molecular weight excluding hydrogens is 481 g/mol. The normalized spacial score (nSPS) is 11.2. The number of anilines is 1. The molecule has 0 spiro atoms. The number of nitrogens with zero attached hydrogens (tertiary/aromatic N) is 6. The summed E-state index contributed by atoms with van der Waals surface area (Å²) in [5.41, 5.74) is 3.64. The summed E-state index contributed by atoms with van der Waals surface area (Å²) in [7, 11) is 0. The van der Waals surface area contributed by atoms with Crippen LogP contribution in [0.2, 0.25) is 0 Å². The molecule has 0 fully saturated rings. The quantitative estimate of drug-likeness (QED) is 0.337. The van der Waals surface area contributed by atoms with Crippen molar-refractivity contribution < 1.29 is 9.18 Å². The van der Waals surface area contributed by atoms with Gasteiger partial charge in [-0.1, -0.05) is 60.7 Å². The van der Waals surface area contributed by atoms with E-state index in [4.69, 9.17) is 0 Å². The standard InChI is InChI=1S/C29H22FN7O/c1-19-16-25(34-29(38)26(20-8-4-2-5-9-20)21-10-6-3-7-11-21)37(35-19)28-24-17-33-36(27(24)31-18-32-28)23-14-12-22(30)13-15-23/h2-18,26H,1H3,(H,34,38). The molecule has 0 atom stereocenters.